The zero-order chi connectivity index (χ0) is 12.1. The van der Waals surface area contributed by atoms with E-state index in [9.17, 15) is 5.11 Å². The lowest BCUT2D eigenvalue weighted by atomic mass is 10.2. The van der Waals surface area contributed by atoms with Crippen molar-refractivity contribution in [1.29, 1.82) is 0 Å². The van der Waals surface area contributed by atoms with Gasteiger partial charge in [-0.05, 0) is 17.7 Å². The number of phenols is 1. The summed E-state index contributed by atoms with van der Waals surface area (Å²) < 4.78 is 0. The number of nitrogens with one attached hydrogen (secondary N) is 1. The van der Waals surface area contributed by atoms with Crippen LogP contribution in [0.25, 0.3) is 0 Å². The van der Waals surface area contributed by atoms with E-state index in [1.165, 1.54) is 5.56 Å². The Bertz CT molecular complexity index is 511. The minimum absolute atomic E-state index is 0.228. The molecule has 2 rings (SSSR count). The van der Waals surface area contributed by atoms with E-state index in [1.54, 1.807) is 18.2 Å². The highest BCUT2D eigenvalue weighted by Gasteiger charge is 2.01. The number of hydrogen-bond acceptors (Lipinski definition) is 2. The Labute approximate surface area is 106 Å². The Balaban J connectivity index is 1.98. The number of benzene rings is 2. The highest BCUT2D eigenvalue weighted by atomic mass is 32.1. The Kier molecular flexibility index (Phi) is 3.73. The van der Waals surface area contributed by atoms with Crippen LogP contribution in [0.5, 0.6) is 5.75 Å². The molecule has 0 saturated heterocycles. The molecular formula is C14H13NOS. The van der Waals surface area contributed by atoms with E-state index in [1.807, 2.05) is 36.4 Å². The summed E-state index contributed by atoms with van der Waals surface area (Å²) in [5.74, 6) is 0.228. The number of rotatable bonds is 3. The molecule has 0 atom stereocenters. The number of thiocarbonyl (C=S) groups is 1. The molecule has 2 aromatic carbocycles. The van der Waals surface area contributed by atoms with Gasteiger partial charge in [0.2, 0.25) is 0 Å². The summed E-state index contributed by atoms with van der Waals surface area (Å²) >= 11 is 5.26. The molecule has 0 unspecified atom stereocenters. The summed E-state index contributed by atoms with van der Waals surface area (Å²) in [5.41, 5.74) is 2.01. The van der Waals surface area contributed by atoms with Crippen LogP contribution in [0.1, 0.15) is 11.1 Å². The molecule has 2 aromatic rings. The monoisotopic (exact) mass is 243 g/mol. The van der Waals surface area contributed by atoms with Gasteiger partial charge >= 0.3 is 0 Å². The van der Waals surface area contributed by atoms with Crippen molar-refractivity contribution < 1.29 is 5.11 Å². The molecule has 0 saturated carbocycles. The van der Waals surface area contributed by atoms with Crippen molar-refractivity contribution in [3.05, 3.63) is 65.7 Å². The molecule has 0 amide bonds. The van der Waals surface area contributed by atoms with Crippen LogP contribution in [0.3, 0.4) is 0 Å². The SMILES string of the molecule is Oc1cccc(C(=S)NCc2ccccc2)c1. The maximum Gasteiger partial charge on any atom is 0.116 e. The van der Waals surface area contributed by atoms with E-state index in [0.29, 0.717) is 11.5 Å². The summed E-state index contributed by atoms with van der Waals surface area (Å²) in [6.45, 7) is 0.690. The first kappa shape index (κ1) is 11.6. The van der Waals surface area contributed by atoms with Crippen LogP contribution in [0, 0.1) is 0 Å². The molecule has 86 valence electrons. The number of aromatic hydroxyl groups is 1. The first-order chi connectivity index (χ1) is 8.25. The lowest BCUT2D eigenvalue weighted by Crippen LogP contribution is -2.21. The van der Waals surface area contributed by atoms with Gasteiger partial charge < -0.3 is 10.4 Å². The van der Waals surface area contributed by atoms with Crippen molar-refractivity contribution in [2.24, 2.45) is 0 Å². The van der Waals surface area contributed by atoms with Gasteiger partial charge in [0.05, 0.1) is 0 Å². The molecule has 0 aromatic heterocycles. The Morgan fingerprint density at radius 3 is 2.53 bits per heavy atom. The molecule has 0 radical (unpaired) electrons. The summed E-state index contributed by atoms with van der Waals surface area (Å²) in [4.78, 5) is 0.643. The summed E-state index contributed by atoms with van der Waals surface area (Å²) in [5, 5.41) is 12.5. The van der Waals surface area contributed by atoms with Gasteiger partial charge in [0.25, 0.3) is 0 Å². The quantitative estimate of drug-likeness (QED) is 0.813. The van der Waals surface area contributed by atoms with Crippen LogP contribution in [-0.4, -0.2) is 10.1 Å². The Morgan fingerprint density at radius 2 is 1.82 bits per heavy atom. The molecule has 17 heavy (non-hydrogen) atoms. The molecule has 2 N–H and O–H groups in total. The van der Waals surface area contributed by atoms with Crippen molar-refractivity contribution >= 4 is 17.2 Å². The Hall–Kier alpha value is -1.87. The second-order valence-corrected chi connectivity index (χ2v) is 4.13. The third-order valence-corrected chi connectivity index (χ3v) is 2.78. The number of hydrogen-bond donors (Lipinski definition) is 2. The van der Waals surface area contributed by atoms with Crippen LogP contribution in [0.4, 0.5) is 0 Å². The van der Waals surface area contributed by atoms with E-state index in [4.69, 9.17) is 12.2 Å². The molecule has 3 heteroatoms. The second-order valence-electron chi connectivity index (χ2n) is 3.72. The van der Waals surface area contributed by atoms with Gasteiger partial charge in [0, 0.05) is 12.1 Å². The first-order valence-corrected chi connectivity index (χ1v) is 5.78. The molecule has 2 nitrogen and oxygen atoms in total. The zero-order valence-electron chi connectivity index (χ0n) is 9.26. The van der Waals surface area contributed by atoms with Crippen molar-refractivity contribution in [3.8, 4) is 5.75 Å². The molecule has 0 aliphatic rings. The third-order valence-electron chi connectivity index (χ3n) is 2.40. The van der Waals surface area contributed by atoms with Crippen LogP contribution >= 0.6 is 12.2 Å². The first-order valence-electron chi connectivity index (χ1n) is 5.37. The maximum absolute atomic E-state index is 9.36. The van der Waals surface area contributed by atoms with Crippen molar-refractivity contribution in [1.82, 2.24) is 5.32 Å². The molecular weight excluding hydrogens is 230 g/mol. The van der Waals surface area contributed by atoms with Gasteiger partial charge in [-0.1, -0.05) is 54.7 Å². The Morgan fingerprint density at radius 1 is 1.06 bits per heavy atom. The van der Waals surface area contributed by atoms with Crippen LogP contribution < -0.4 is 5.32 Å². The average molecular weight is 243 g/mol. The predicted molar refractivity (Wildman–Crippen MR) is 73.1 cm³/mol. The minimum atomic E-state index is 0.228. The van der Waals surface area contributed by atoms with E-state index in [-0.39, 0.29) is 5.75 Å². The highest BCUT2D eigenvalue weighted by molar-refractivity contribution is 7.80. The van der Waals surface area contributed by atoms with Gasteiger partial charge in [0.15, 0.2) is 0 Å². The zero-order valence-corrected chi connectivity index (χ0v) is 10.1. The third kappa shape index (κ3) is 3.29. The van der Waals surface area contributed by atoms with Crippen molar-refractivity contribution in [2.45, 2.75) is 6.54 Å². The van der Waals surface area contributed by atoms with Crippen LogP contribution in [-0.2, 0) is 6.54 Å². The van der Waals surface area contributed by atoms with Gasteiger partial charge in [-0.15, -0.1) is 0 Å². The fraction of sp³-hybridized carbons (Fsp3) is 0.0714. The standard InChI is InChI=1S/C14H13NOS/c16-13-8-4-7-12(9-13)14(17)15-10-11-5-2-1-3-6-11/h1-9,16H,10H2,(H,15,17). The number of phenolic OH excluding ortho intramolecular Hbond substituents is 1. The highest BCUT2D eigenvalue weighted by Crippen LogP contribution is 2.11. The molecule has 0 aliphatic carbocycles. The fourth-order valence-electron chi connectivity index (χ4n) is 1.53. The molecule has 0 bridgehead atoms. The van der Waals surface area contributed by atoms with Crippen LogP contribution in [0.15, 0.2) is 54.6 Å². The van der Waals surface area contributed by atoms with Crippen molar-refractivity contribution in [2.75, 3.05) is 0 Å². The van der Waals surface area contributed by atoms with E-state index in [2.05, 4.69) is 5.32 Å². The normalized spacial score (nSPS) is 9.88. The minimum Gasteiger partial charge on any atom is -0.508 e. The smallest absolute Gasteiger partial charge is 0.116 e. The summed E-state index contributed by atoms with van der Waals surface area (Å²) in [6, 6.07) is 17.0. The van der Waals surface area contributed by atoms with Crippen molar-refractivity contribution in [3.63, 3.8) is 0 Å². The molecule has 0 heterocycles. The average Bonchev–Trinajstić information content (AvgIpc) is 2.37. The maximum atomic E-state index is 9.36. The molecule has 0 fully saturated rings. The topological polar surface area (TPSA) is 32.3 Å². The van der Waals surface area contributed by atoms with E-state index >= 15 is 0 Å². The lowest BCUT2D eigenvalue weighted by Gasteiger charge is -2.08. The van der Waals surface area contributed by atoms with Crippen LogP contribution in [0.2, 0.25) is 0 Å². The van der Waals surface area contributed by atoms with E-state index in [0.717, 1.165) is 5.56 Å². The predicted octanol–water partition coefficient (Wildman–Crippen LogP) is 2.86. The summed E-state index contributed by atoms with van der Waals surface area (Å²) in [7, 11) is 0. The van der Waals surface area contributed by atoms with Gasteiger partial charge in [-0.25, -0.2) is 0 Å². The fourth-order valence-corrected chi connectivity index (χ4v) is 1.73. The largest absolute Gasteiger partial charge is 0.508 e. The van der Waals surface area contributed by atoms with E-state index < -0.39 is 0 Å². The van der Waals surface area contributed by atoms with Gasteiger partial charge in [0.1, 0.15) is 10.7 Å². The van der Waals surface area contributed by atoms with Gasteiger partial charge in [-0.2, -0.15) is 0 Å². The van der Waals surface area contributed by atoms with Gasteiger partial charge in [-0.3, -0.25) is 0 Å². The lowest BCUT2D eigenvalue weighted by molar-refractivity contribution is 0.475. The second kappa shape index (κ2) is 5.46. The molecule has 0 aliphatic heterocycles. The summed E-state index contributed by atoms with van der Waals surface area (Å²) in [6.07, 6.45) is 0. The molecule has 0 spiro atoms.